The standard InChI is InChI=1S/C30H24N2O/c1-19-13-15-23-25(17-19)31-28(21-9-5-3-6-10-21)27(23)30(22-11-7-4-8-12-22)29(33)24-16-14-20(2)18-26(24)32-30/h3-18,31-32H,1-2H3. The van der Waals surface area contributed by atoms with Crippen molar-refractivity contribution < 1.29 is 4.79 Å². The number of Topliss-reactive ketones (excluding diaryl/α,β-unsaturated/α-hetero) is 1. The molecule has 6 rings (SSSR count). The zero-order valence-electron chi connectivity index (χ0n) is 18.6. The molecule has 4 aromatic carbocycles. The highest BCUT2D eigenvalue weighted by Gasteiger charge is 2.50. The predicted molar refractivity (Wildman–Crippen MR) is 135 cm³/mol. The van der Waals surface area contributed by atoms with E-state index < -0.39 is 5.54 Å². The van der Waals surface area contributed by atoms with Crippen molar-refractivity contribution in [1.82, 2.24) is 4.98 Å². The van der Waals surface area contributed by atoms with Crippen molar-refractivity contribution in [3.05, 3.63) is 125 Å². The molecule has 160 valence electrons. The van der Waals surface area contributed by atoms with E-state index in [-0.39, 0.29) is 5.78 Å². The summed E-state index contributed by atoms with van der Waals surface area (Å²) in [5.41, 5.74) is 7.81. The molecule has 1 aromatic heterocycles. The van der Waals surface area contributed by atoms with E-state index in [4.69, 9.17) is 0 Å². The minimum Gasteiger partial charge on any atom is -0.365 e. The first-order valence-corrected chi connectivity index (χ1v) is 11.3. The summed E-state index contributed by atoms with van der Waals surface area (Å²) in [5, 5.41) is 4.75. The average molecular weight is 429 g/mol. The van der Waals surface area contributed by atoms with Crippen LogP contribution < -0.4 is 5.32 Å². The van der Waals surface area contributed by atoms with Crippen LogP contribution in [0.5, 0.6) is 0 Å². The van der Waals surface area contributed by atoms with E-state index in [2.05, 4.69) is 60.5 Å². The summed E-state index contributed by atoms with van der Waals surface area (Å²) in [4.78, 5) is 18.0. The third kappa shape index (κ3) is 2.86. The SMILES string of the molecule is Cc1ccc2c(c1)NC(c1ccccc1)(c1c(-c3ccccc3)[nH]c3cc(C)ccc13)C2=O. The van der Waals surface area contributed by atoms with Gasteiger partial charge in [0.2, 0.25) is 0 Å². The van der Waals surface area contributed by atoms with Crippen LogP contribution in [0.3, 0.4) is 0 Å². The lowest BCUT2D eigenvalue weighted by atomic mass is 9.77. The van der Waals surface area contributed by atoms with Crippen LogP contribution in [-0.2, 0) is 5.54 Å². The number of aromatic amines is 1. The van der Waals surface area contributed by atoms with E-state index in [0.29, 0.717) is 0 Å². The Morgan fingerprint density at radius 3 is 2.15 bits per heavy atom. The van der Waals surface area contributed by atoms with Crippen LogP contribution in [0, 0.1) is 13.8 Å². The monoisotopic (exact) mass is 428 g/mol. The van der Waals surface area contributed by atoms with Crippen molar-refractivity contribution in [1.29, 1.82) is 0 Å². The number of nitrogens with one attached hydrogen (secondary N) is 2. The van der Waals surface area contributed by atoms with Gasteiger partial charge in [0.1, 0.15) is 0 Å². The van der Waals surface area contributed by atoms with E-state index >= 15 is 0 Å². The summed E-state index contributed by atoms with van der Waals surface area (Å²) >= 11 is 0. The van der Waals surface area contributed by atoms with Gasteiger partial charge in [-0.2, -0.15) is 0 Å². The molecule has 0 saturated heterocycles. The van der Waals surface area contributed by atoms with Crippen molar-refractivity contribution in [3.8, 4) is 11.3 Å². The molecule has 2 N–H and O–H groups in total. The molecule has 3 nitrogen and oxygen atoms in total. The fourth-order valence-corrected chi connectivity index (χ4v) is 5.15. The van der Waals surface area contributed by atoms with Crippen LogP contribution in [0.1, 0.15) is 32.6 Å². The number of aromatic nitrogens is 1. The van der Waals surface area contributed by atoms with Crippen LogP contribution in [0.15, 0.2) is 97.1 Å². The first-order chi connectivity index (χ1) is 16.1. The van der Waals surface area contributed by atoms with Crippen LogP contribution in [0.2, 0.25) is 0 Å². The number of ketones is 1. The second-order valence-corrected chi connectivity index (χ2v) is 8.91. The summed E-state index contributed by atoms with van der Waals surface area (Å²) in [7, 11) is 0. The lowest BCUT2D eigenvalue weighted by molar-refractivity contribution is 0.0942. The van der Waals surface area contributed by atoms with Gasteiger partial charge in [0, 0.05) is 27.7 Å². The fourth-order valence-electron chi connectivity index (χ4n) is 5.15. The van der Waals surface area contributed by atoms with E-state index in [1.807, 2.05) is 60.7 Å². The molecule has 1 unspecified atom stereocenters. The smallest absolute Gasteiger partial charge is 0.199 e. The molecule has 0 saturated carbocycles. The summed E-state index contributed by atoms with van der Waals surface area (Å²) in [6.07, 6.45) is 0. The largest absolute Gasteiger partial charge is 0.365 e. The molecule has 1 aliphatic heterocycles. The normalized spacial score (nSPS) is 17.2. The van der Waals surface area contributed by atoms with Crippen LogP contribution in [-0.4, -0.2) is 10.8 Å². The molecule has 0 bridgehead atoms. The fraction of sp³-hybridized carbons (Fsp3) is 0.100. The van der Waals surface area contributed by atoms with Crippen LogP contribution >= 0.6 is 0 Å². The molecule has 0 amide bonds. The quantitative estimate of drug-likeness (QED) is 0.325. The predicted octanol–water partition coefficient (Wildman–Crippen LogP) is 7.00. The van der Waals surface area contributed by atoms with Crippen LogP contribution in [0.25, 0.3) is 22.2 Å². The number of aryl methyl sites for hydroxylation is 2. The number of anilines is 1. The van der Waals surface area contributed by atoms with Crippen molar-refractivity contribution >= 4 is 22.4 Å². The number of fused-ring (bicyclic) bond motifs is 2. The Kier molecular flexibility index (Phi) is 4.27. The number of benzene rings is 4. The number of rotatable bonds is 3. The molecule has 0 radical (unpaired) electrons. The van der Waals surface area contributed by atoms with Gasteiger partial charge in [0.05, 0.1) is 5.69 Å². The molecule has 0 spiro atoms. The van der Waals surface area contributed by atoms with Gasteiger partial charge in [-0.05, 0) is 54.3 Å². The second kappa shape index (κ2) is 7.21. The summed E-state index contributed by atoms with van der Waals surface area (Å²) in [6.45, 7) is 4.14. The minimum absolute atomic E-state index is 0.0716. The van der Waals surface area contributed by atoms with Gasteiger partial charge in [-0.25, -0.2) is 0 Å². The number of hydrogen-bond donors (Lipinski definition) is 2. The summed E-state index contributed by atoms with van der Waals surface area (Å²) < 4.78 is 0. The Morgan fingerprint density at radius 1 is 0.727 bits per heavy atom. The third-order valence-corrected chi connectivity index (χ3v) is 6.68. The molecular weight excluding hydrogens is 404 g/mol. The summed E-state index contributed by atoms with van der Waals surface area (Å²) in [6, 6.07) is 32.8. The second-order valence-electron chi connectivity index (χ2n) is 8.91. The zero-order valence-corrected chi connectivity index (χ0v) is 18.6. The topological polar surface area (TPSA) is 44.9 Å². The molecule has 0 fully saturated rings. The first-order valence-electron chi connectivity index (χ1n) is 11.3. The molecule has 1 aliphatic rings. The maximum atomic E-state index is 14.3. The van der Waals surface area contributed by atoms with E-state index in [0.717, 1.165) is 50.1 Å². The number of H-pyrrole nitrogens is 1. The lowest BCUT2D eigenvalue weighted by Crippen LogP contribution is -2.40. The molecular formula is C30H24N2O. The van der Waals surface area contributed by atoms with Gasteiger partial charge in [-0.15, -0.1) is 0 Å². The highest BCUT2D eigenvalue weighted by Crippen LogP contribution is 2.49. The van der Waals surface area contributed by atoms with E-state index in [9.17, 15) is 4.79 Å². The van der Waals surface area contributed by atoms with Gasteiger partial charge in [0.15, 0.2) is 11.3 Å². The van der Waals surface area contributed by atoms with Gasteiger partial charge in [-0.1, -0.05) is 78.9 Å². The highest BCUT2D eigenvalue weighted by molar-refractivity contribution is 6.18. The Balaban J connectivity index is 1.74. The van der Waals surface area contributed by atoms with Gasteiger partial charge in [-0.3, -0.25) is 4.79 Å². The molecule has 0 aliphatic carbocycles. The third-order valence-electron chi connectivity index (χ3n) is 6.68. The molecule has 1 atom stereocenters. The van der Waals surface area contributed by atoms with E-state index in [1.54, 1.807) is 0 Å². The van der Waals surface area contributed by atoms with E-state index in [1.165, 1.54) is 5.56 Å². The van der Waals surface area contributed by atoms with Crippen molar-refractivity contribution in [3.63, 3.8) is 0 Å². The number of carbonyl (C=O) groups excluding carboxylic acids is 1. The Hall–Kier alpha value is -4.11. The number of carbonyl (C=O) groups is 1. The first kappa shape index (κ1) is 19.6. The molecule has 2 heterocycles. The maximum absolute atomic E-state index is 14.3. The van der Waals surface area contributed by atoms with Crippen molar-refractivity contribution in [2.45, 2.75) is 19.4 Å². The lowest BCUT2D eigenvalue weighted by Gasteiger charge is -2.31. The molecule has 5 aromatic rings. The Labute approximate surface area is 193 Å². The average Bonchev–Trinajstić information content (AvgIpc) is 3.35. The van der Waals surface area contributed by atoms with Crippen molar-refractivity contribution in [2.75, 3.05) is 5.32 Å². The van der Waals surface area contributed by atoms with Gasteiger partial charge >= 0.3 is 0 Å². The number of hydrogen-bond acceptors (Lipinski definition) is 2. The van der Waals surface area contributed by atoms with Gasteiger partial charge < -0.3 is 10.3 Å². The molecule has 3 heteroatoms. The highest BCUT2D eigenvalue weighted by atomic mass is 16.1. The Bertz CT molecular complexity index is 1520. The van der Waals surface area contributed by atoms with Gasteiger partial charge in [0.25, 0.3) is 0 Å². The van der Waals surface area contributed by atoms with Crippen LogP contribution in [0.4, 0.5) is 5.69 Å². The minimum atomic E-state index is -1.03. The van der Waals surface area contributed by atoms with Crippen molar-refractivity contribution in [2.24, 2.45) is 0 Å². The maximum Gasteiger partial charge on any atom is 0.199 e. The summed E-state index contributed by atoms with van der Waals surface area (Å²) in [5.74, 6) is 0.0716. The Morgan fingerprint density at radius 2 is 1.39 bits per heavy atom. The molecule has 33 heavy (non-hydrogen) atoms. The zero-order chi connectivity index (χ0) is 22.6.